The zero-order valence-electron chi connectivity index (χ0n) is 7.68. The van der Waals surface area contributed by atoms with Crippen molar-refractivity contribution in [1.82, 2.24) is 9.80 Å². The van der Waals surface area contributed by atoms with Crippen molar-refractivity contribution in [3.05, 3.63) is 0 Å². The van der Waals surface area contributed by atoms with Crippen molar-refractivity contribution in [2.75, 3.05) is 19.8 Å². The summed E-state index contributed by atoms with van der Waals surface area (Å²) in [4.78, 5) is 17.3. The minimum atomic E-state index is -0.487. The number of urea groups is 1. The number of hydrogen-bond acceptors (Lipinski definition) is 3. The molecule has 4 N–H and O–H groups in total. The molecule has 1 aliphatic rings. The van der Waals surface area contributed by atoms with Crippen LogP contribution in [0.25, 0.3) is 0 Å². The Morgan fingerprint density at radius 2 is 2.00 bits per heavy atom. The molecular formula is C7H12N6O. The largest absolute Gasteiger partial charge is 0.369 e. The maximum atomic E-state index is 10.9. The molecule has 7 nitrogen and oxygen atoms in total. The first kappa shape index (κ1) is 10.1. The van der Waals surface area contributed by atoms with Gasteiger partial charge in [0.25, 0.3) is 0 Å². The molecule has 7 heteroatoms. The zero-order valence-corrected chi connectivity index (χ0v) is 7.68. The Morgan fingerprint density at radius 3 is 2.57 bits per heavy atom. The molecule has 0 saturated carbocycles. The van der Waals surface area contributed by atoms with E-state index in [1.165, 1.54) is 4.90 Å². The van der Waals surface area contributed by atoms with E-state index in [0.29, 0.717) is 19.8 Å². The monoisotopic (exact) mass is 196 g/mol. The van der Waals surface area contributed by atoms with E-state index < -0.39 is 6.03 Å². The second kappa shape index (κ2) is 4.32. The summed E-state index contributed by atoms with van der Waals surface area (Å²) in [6.45, 7) is 1.60. The third kappa shape index (κ3) is 2.26. The third-order valence-corrected chi connectivity index (χ3v) is 2.00. The van der Waals surface area contributed by atoms with Gasteiger partial charge in [0.1, 0.15) is 0 Å². The fourth-order valence-corrected chi connectivity index (χ4v) is 1.29. The maximum Gasteiger partial charge on any atom is 0.316 e. The van der Waals surface area contributed by atoms with Gasteiger partial charge in [0.15, 0.2) is 0 Å². The highest BCUT2D eigenvalue weighted by Crippen LogP contribution is 2.04. The number of aliphatic imine (C=N–C) groups is 1. The van der Waals surface area contributed by atoms with Crippen LogP contribution in [0, 0.1) is 11.5 Å². The molecule has 1 fully saturated rings. The Bertz CT molecular complexity index is 293. The quantitative estimate of drug-likeness (QED) is 0.288. The van der Waals surface area contributed by atoms with Crippen LogP contribution in [0.2, 0.25) is 0 Å². The molecule has 1 saturated heterocycles. The Labute approximate surface area is 81.6 Å². The lowest BCUT2D eigenvalue weighted by atomic mass is 10.3. The number of guanidine groups is 1. The van der Waals surface area contributed by atoms with Gasteiger partial charge in [-0.25, -0.2) is 4.79 Å². The molecule has 1 heterocycles. The highest BCUT2D eigenvalue weighted by Gasteiger charge is 2.20. The highest BCUT2D eigenvalue weighted by molar-refractivity contribution is 5.80. The minimum absolute atomic E-state index is 0.124. The van der Waals surface area contributed by atoms with Crippen molar-refractivity contribution in [2.45, 2.75) is 6.42 Å². The van der Waals surface area contributed by atoms with Gasteiger partial charge in [-0.05, 0) is 6.42 Å². The van der Waals surface area contributed by atoms with Gasteiger partial charge in [-0.3, -0.25) is 0 Å². The summed E-state index contributed by atoms with van der Waals surface area (Å²) in [5, 5.41) is 8.29. The van der Waals surface area contributed by atoms with Crippen molar-refractivity contribution in [3.8, 4) is 6.19 Å². The minimum Gasteiger partial charge on any atom is -0.369 e. The van der Waals surface area contributed by atoms with Crippen LogP contribution in [0.1, 0.15) is 6.42 Å². The molecule has 0 bridgehead atoms. The normalized spacial score (nSPS) is 17.8. The standard InChI is InChI=1S/C7H12N6O/c8-4-11-6(9)12-2-1-3-13(5-12)7(10)14/h1-3,5H2,(H2,9,11)(H2,10,14). The molecule has 0 atom stereocenters. The van der Waals surface area contributed by atoms with E-state index in [9.17, 15) is 4.79 Å². The summed E-state index contributed by atoms with van der Waals surface area (Å²) < 4.78 is 0. The van der Waals surface area contributed by atoms with Gasteiger partial charge < -0.3 is 21.3 Å². The topological polar surface area (TPSA) is 112 Å². The van der Waals surface area contributed by atoms with Crippen molar-refractivity contribution in [1.29, 1.82) is 5.26 Å². The number of hydrogen-bond donors (Lipinski definition) is 2. The molecular weight excluding hydrogens is 184 g/mol. The third-order valence-electron chi connectivity index (χ3n) is 2.00. The molecule has 14 heavy (non-hydrogen) atoms. The lowest BCUT2D eigenvalue weighted by Gasteiger charge is -2.34. The summed E-state index contributed by atoms with van der Waals surface area (Å²) >= 11 is 0. The predicted octanol–water partition coefficient (Wildman–Crippen LogP) is -1.17. The van der Waals surface area contributed by atoms with E-state index in [0.717, 1.165) is 6.42 Å². The number of amides is 2. The number of nitrogens with zero attached hydrogens (tertiary/aromatic N) is 4. The Hall–Kier alpha value is -1.97. The summed E-state index contributed by atoms with van der Waals surface area (Å²) in [6.07, 6.45) is 2.36. The zero-order chi connectivity index (χ0) is 10.6. The molecule has 1 rings (SSSR count). The maximum absolute atomic E-state index is 10.9. The van der Waals surface area contributed by atoms with Gasteiger partial charge in [0, 0.05) is 13.1 Å². The smallest absolute Gasteiger partial charge is 0.316 e. The number of nitriles is 1. The van der Waals surface area contributed by atoms with Crippen LogP contribution in [-0.4, -0.2) is 41.5 Å². The van der Waals surface area contributed by atoms with Crippen LogP contribution in [0.5, 0.6) is 0 Å². The average molecular weight is 196 g/mol. The second-order valence-corrected chi connectivity index (χ2v) is 2.93. The van der Waals surface area contributed by atoms with Crippen LogP contribution in [0.3, 0.4) is 0 Å². The summed E-state index contributed by atoms with van der Waals surface area (Å²) in [5.41, 5.74) is 10.6. The average Bonchev–Trinajstić information content (AvgIpc) is 2.18. The number of carbonyl (C=O) groups is 1. The van der Waals surface area contributed by atoms with Gasteiger partial charge in [-0.15, -0.1) is 4.99 Å². The van der Waals surface area contributed by atoms with E-state index in [1.807, 2.05) is 0 Å². The van der Waals surface area contributed by atoms with Crippen LogP contribution < -0.4 is 11.5 Å². The Balaban J connectivity index is 2.61. The van der Waals surface area contributed by atoms with E-state index in [-0.39, 0.29) is 5.96 Å². The number of primary amides is 1. The van der Waals surface area contributed by atoms with Crippen molar-refractivity contribution >= 4 is 12.0 Å². The fraction of sp³-hybridized carbons (Fsp3) is 0.571. The molecule has 0 aromatic carbocycles. The van der Waals surface area contributed by atoms with Gasteiger partial charge in [0.05, 0.1) is 6.67 Å². The van der Waals surface area contributed by atoms with E-state index >= 15 is 0 Å². The molecule has 76 valence electrons. The lowest BCUT2D eigenvalue weighted by Crippen LogP contribution is -2.53. The first-order valence-electron chi connectivity index (χ1n) is 4.16. The molecule has 0 aromatic rings. The van der Waals surface area contributed by atoms with Gasteiger partial charge in [0.2, 0.25) is 12.2 Å². The molecule has 0 radical (unpaired) electrons. The summed E-state index contributed by atoms with van der Waals surface area (Å²) in [6, 6.07) is -0.487. The molecule has 0 spiro atoms. The van der Waals surface area contributed by atoms with Gasteiger partial charge in [-0.1, -0.05) is 0 Å². The number of nitrogens with two attached hydrogens (primary N) is 2. The van der Waals surface area contributed by atoms with Crippen molar-refractivity contribution in [3.63, 3.8) is 0 Å². The molecule has 0 aromatic heterocycles. The summed E-state index contributed by atoms with van der Waals surface area (Å²) in [5.74, 6) is 0.124. The van der Waals surface area contributed by atoms with Gasteiger partial charge >= 0.3 is 6.03 Å². The fourth-order valence-electron chi connectivity index (χ4n) is 1.29. The van der Waals surface area contributed by atoms with E-state index in [4.69, 9.17) is 16.7 Å². The first-order valence-corrected chi connectivity index (χ1v) is 4.16. The van der Waals surface area contributed by atoms with Crippen LogP contribution >= 0.6 is 0 Å². The molecule has 2 amide bonds. The van der Waals surface area contributed by atoms with Gasteiger partial charge in [-0.2, -0.15) is 5.26 Å². The van der Waals surface area contributed by atoms with Crippen LogP contribution in [0.4, 0.5) is 4.79 Å². The number of rotatable bonds is 0. The van der Waals surface area contributed by atoms with E-state index in [2.05, 4.69) is 4.99 Å². The van der Waals surface area contributed by atoms with Crippen LogP contribution in [0.15, 0.2) is 4.99 Å². The molecule has 1 aliphatic heterocycles. The van der Waals surface area contributed by atoms with Crippen molar-refractivity contribution in [2.24, 2.45) is 16.5 Å². The summed E-state index contributed by atoms with van der Waals surface area (Å²) in [7, 11) is 0. The van der Waals surface area contributed by atoms with Crippen LogP contribution in [-0.2, 0) is 0 Å². The Morgan fingerprint density at radius 1 is 1.36 bits per heavy atom. The predicted molar refractivity (Wildman–Crippen MR) is 49.7 cm³/mol. The SMILES string of the molecule is N#CN=C(N)N1CCCN(C(N)=O)C1. The van der Waals surface area contributed by atoms with Crippen molar-refractivity contribution < 1.29 is 4.79 Å². The highest BCUT2D eigenvalue weighted by atomic mass is 16.2. The first-order chi connectivity index (χ1) is 6.65. The Kier molecular flexibility index (Phi) is 3.12. The molecule has 0 aliphatic carbocycles. The lowest BCUT2D eigenvalue weighted by molar-refractivity contribution is 0.152. The second-order valence-electron chi connectivity index (χ2n) is 2.93. The molecule has 0 unspecified atom stereocenters. The number of carbonyl (C=O) groups excluding carboxylic acids is 1. The van der Waals surface area contributed by atoms with E-state index in [1.54, 1.807) is 11.1 Å².